The van der Waals surface area contributed by atoms with Crippen LogP contribution in [0, 0.1) is 5.92 Å². The van der Waals surface area contributed by atoms with Gasteiger partial charge < -0.3 is 4.90 Å². The smallest absolute Gasteiger partial charge is 0.249 e. The molecule has 10 heteroatoms. The van der Waals surface area contributed by atoms with Gasteiger partial charge in [0.25, 0.3) is 0 Å². The summed E-state index contributed by atoms with van der Waals surface area (Å²) in [6.07, 6.45) is 5.97. The second-order valence-electron chi connectivity index (χ2n) is 9.23. The molecule has 4 aliphatic rings. The first-order valence-corrected chi connectivity index (χ1v) is 13.2. The molecule has 2 aromatic rings. The van der Waals surface area contributed by atoms with E-state index in [1.807, 2.05) is 16.2 Å². The van der Waals surface area contributed by atoms with Crippen molar-refractivity contribution in [3.05, 3.63) is 16.0 Å². The number of hydrazine groups is 1. The summed E-state index contributed by atoms with van der Waals surface area (Å²) in [6.45, 7) is 7.09. The lowest BCUT2D eigenvalue weighted by Gasteiger charge is -2.32. The lowest BCUT2D eigenvalue weighted by molar-refractivity contribution is -0.129. The molecule has 166 valence electrons. The van der Waals surface area contributed by atoms with E-state index in [1.165, 1.54) is 45.6 Å². The maximum atomic E-state index is 12.8. The number of nitrogens with zero attached hydrogens (tertiary/aromatic N) is 5. The number of piperidine rings is 1. The minimum Gasteiger partial charge on any atom is -0.342 e. The number of thioether (sulfide) groups is 1. The van der Waals surface area contributed by atoms with Gasteiger partial charge in [-0.2, -0.15) is 0 Å². The van der Waals surface area contributed by atoms with E-state index < -0.39 is 0 Å². The van der Waals surface area contributed by atoms with Gasteiger partial charge in [-0.1, -0.05) is 25.6 Å². The molecule has 8 nitrogen and oxygen atoms in total. The van der Waals surface area contributed by atoms with E-state index in [9.17, 15) is 4.79 Å². The summed E-state index contributed by atoms with van der Waals surface area (Å²) in [4.78, 5) is 16.3. The summed E-state index contributed by atoms with van der Waals surface area (Å²) in [5.74, 6) is 2.74. The van der Waals surface area contributed by atoms with Crippen LogP contribution in [0.4, 0.5) is 5.95 Å². The van der Waals surface area contributed by atoms with Crippen LogP contribution in [0.5, 0.6) is 0 Å². The number of rotatable bonds is 3. The van der Waals surface area contributed by atoms with Gasteiger partial charge >= 0.3 is 0 Å². The number of hydrogen-bond acceptors (Lipinski definition) is 8. The van der Waals surface area contributed by atoms with Crippen LogP contribution in [0.25, 0.3) is 5.00 Å². The summed E-state index contributed by atoms with van der Waals surface area (Å²) >= 11 is 3.41. The summed E-state index contributed by atoms with van der Waals surface area (Å²) in [7, 11) is 0. The Hall–Kier alpha value is -1.62. The molecule has 1 unspecified atom stereocenters. The average Bonchev–Trinajstić information content (AvgIpc) is 3.48. The topological polar surface area (TPSA) is 78.3 Å². The molecule has 5 heterocycles. The third kappa shape index (κ3) is 3.21. The number of likely N-dealkylation sites (tertiary alicyclic amines) is 1. The standard InChI is InChI=1S/C21H29N7OS2/c1-12-6-8-26(9-7-12)15(29)10-30-21-25-24-20-27(21)19-17(18-22-11-23-28(18)20)16-13(2)4-3-5-14(16)31-19/h12-13,18,22-23H,3-11H2,1-2H3/t13-,18?/m1/s1. The van der Waals surface area contributed by atoms with Crippen LogP contribution >= 0.6 is 23.1 Å². The minimum atomic E-state index is 0.0991. The zero-order chi connectivity index (χ0) is 21.1. The molecule has 2 fully saturated rings. The van der Waals surface area contributed by atoms with Gasteiger partial charge in [0.05, 0.1) is 12.4 Å². The van der Waals surface area contributed by atoms with Crippen molar-refractivity contribution in [3.8, 4) is 5.00 Å². The summed E-state index contributed by atoms with van der Waals surface area (Å²) < 4.78 is 2.18. The van der Waals surface area contributed by atoms with Crippen LogP contribution in [0.2, 0.25) is 0 Å². The number of aromatic nitrogens is 3. The lowest BCUT2D eigenvalue weighted by atomic mass is 9.85. The number of carbonyl (C=O) groups is 1. The quantitative estimate of drug-likeness (QED) is 0.683. The highest BCUT2D eigenvalue weighted by molar-refractivity contribution is 7.99. The number of hydrogen-bond donors (Lipinski definition) is 2. The fraction of sp³-hybridized carbons (Fsp3) is 0.667. The zero-order valence-electron chi connectivity index (χ0n) is 18.1. The Morgan fingerprint density at radius 2 is 2.03 bits per heavy atom. The first kappa shape index (κ1) is 20.0. The van der Waals surface area contributed by atoms with Gasteiger partial charge in [-0.05, 0) is 49.5 Å². The van der Waals surface area contributed by atoms with E-state index >= 15 is 0 Å². The van der Waals surface area contributed by atoms with Crippen LogP contribution in [0.3, 0.4) is 0 Å². The molecule has 0 saturated carbocycles. The lowest BCUT2D eigenvalue weighted by Crippen LogP contribution is -2.39. The molecular weight excluding hydrogens is 430 g/mol. The van der Waals surface area contributed by atoms with Gasteiger partial charge in [0.15, 0.2) is 5.16 Å². The van der Waals surface area contributed by atoms with Gasteiger partial charge in [-0.15, -0.1) is 21.5 Å². The number of aryl methyl sites for hydroxylation is 1. The Morgan fingerprint density at radius 1 is 1.19 bits per heavy atom. The molecule has 31 heavy (non-hydrogen) atoms. The molecule has 0 aromatic carbocycles. The molecule has 1 amide bonds. The third-order valence-electron chi connectivity index (χ3n) is 7.15. The zero-order valence-corrected chi connectivity index (χ0v) is 19.7. The Bertz CT molecular complexity index is 1010. The van der Waals surface area contributed by atoms with Gasteiger partial charge in [0.2, 0.25) is 11.9 Å². The second kappa shape index (κ2) is 7.75. The van der Waals surface area contributed by atoms with Gasteiger partial charge in [-0.25, -0.2) is 9.99 Å². The summed E-state index contributed by atoms with van der Waals surface area (Å²) in [5, 5.41) is 16.8. The van der Waals surface area contributed by atoms with E-state index in [0.29, 0.717) is 18.3 Å². The molecule has 2 N–H and O–H groups in total. The van der Waals surface area contributed by atoms with Crippen molar-refractivity contribution in [1.29, 1.82) is 0 Å². The number of fused-ring (bicyclic) bond motifs is 8. The van der Waals surface area contributed by atoms with Crippen molar-refractivity contribution >= 4 is 35.0 Å². The van der Waals surface area contributed by atoms with Crippen LogP contribution in [-0.2, 0) is 11.2 Å². The van der Waals surface area contributed by atoms with Gasteiger partial charge in [-0.3, -0.25) is 15.1 Å². The van der Waals surface area contributed by atoms with E-state index in [4.69, 9.17) is 0 Å². The monoisotopic (exact) mass is 459 g/mol. The maximum Gasteiger partial charge on any atom is 0.249 e. The predicted molar refractivity (Wildman–Crippen MR) is 123 cm³/mol. The van der Waals surface area contributed by atoms with Crippen molar-refractivity contribution in [1.82, 2.24) is 30.4 Å². The largest absolute Gasteiger partial charge is 0.342 e. The Morgan fingerprint density at radius 3 is 2.87 bits per heavy atom. The normalized spacial score (nSPS) is 25.2. The van der Waals surface area contributed by atoms with Crippen LogP contribution in [-0.4, -0.2) is 51.1 Å². The number of carbonyl (C=O) groups excluding carboxylic acids is 1. The van der Waals surface area contributed by atoms with Crippen LogP contribution in [0.15, 0.2) is 5.16 Å². The van der Waals surface area contributed by atoms with Crippen molar-refractivity contribution in [2.75, 3.05) is 30.5 Å². The highest BCUT2D eigenvalue weighted by Gasteiger charge is 2.42. The number of amides is 1. The maximum absolute atomic E-state index is 12.8. The van der Waals surface area contributed by atoms with E-state index in [-0.39, 0.29) is 12.1 Å². The first-order valence-electron chi connectivity index (χ1n) is 11.4. The molecular formula is C21H29N7OS2. The van der Waals surface area contributed by atoms with Crippen molar-refractivity contribution in [2.45, 2.75) is 63.2 Å². The Balaban J connectivity index is 1.32. The van der Waals surface area contributed by atoms with Crippen LogP contribution in [0.1, 0.15) is 67.6 Å². The predicted octanol–water partition coefficient (Wildman–Crippen LogP) is 3.00. The molecule has 2 atom stereocenters. The summed E-state index contributed by atoms with van der Waals surface area (Å²) in [5.41, 5.74) is 6.32. The average molecular weight is 460 g/mol. The Labute approximate surface area is 190 Å². The van der Waals surface area contributed by atoms with Gasteiger partial charge in [0.1, 0.15) is 11.2 Å². The first-order chi connectivity index (χ1) is 15.1. The molecule has 0 bridgehead atoms. The third-order valence-corrected chi connectivity index (χ3v) is 9.33. The van der Waals surface area contributed by atoms with Crippen molar-refractivity contribution in [3.63, 3.8) is 0 Å². The van der Waals surface area contributed by atoms with Crippen LogP contribution < -0.4 is 15.8 Å². The number of anilines is 1. The SMILES string of the molecule is CC1CCN(C(=O)CSc2nnc3n2-c2sc4c(c2C2NCNN32)[C@H](C)CCC4)CC1. The molecule has 6 rings (SSSR count). The number of thiophene rings is 1. The Kier molecular flexibility index (Phi) is 5.01. The second-order valence-corrected chi connectivity index (χ2v) is 11.3. The number of nitrogens with one attached hydrogen (secondary N) is 2. The highest BCUT2D eigenvalue weighted by Crippen LogP contribution is 2.50. The molecule has 2 aromatic heterocycles. The van der Waals surface area contributed by atoms with Crippen molar-refractivity contribution in [2.24, 2.45) is 5.92 Å². The summed E-state index contributed by atoms with van der Waals surface area (Å²) in [6, 6.07) is 0. The van der Waals surface area contributed by atoms with E-state index in [1.54, 1.807) is 0 Å². The fourth-order valence-electron chi connectivity index (χ4n) is 5.35. The van der Waals surface area contributed by atoms with Crippen molar-refractivity contribution < 1.29 is 4.79 Å². The molecule has 1 aliphatic carbocycles. The molecule has 3 aliphatic heterocycles. The highest BCUT2D eigenvalue weighted by atomic mass is 32.2. The van der Waals surface area contributed by atoms with Gasteiger partial charge in [0, 0.05) is 23.5 Å². The minimum absolute atomic E-state index is 0.0991. The molecule has 2 saturated heterocycles. The fourth-order valence-corrected chi connectivity index (χ4v) is 7.74. The molecule has 0 radical (unpaired) electrons. The van der Waals surface area contributed by atoms with E-state index in [2.05, 4.69) is 44.4 Å². The molecule has 0 spiro atoms. The van der Waals surface area contributed by atoms with E-state index in [0.717, 1.165) is 49.4 Å².